The SMILES string of the molecule is C=CCO[C@@H]1[C@H]2N=C(N(C)C(=O)O)S[C@H]2O[C@H](CC[C@H](O)c2ccc(OC)cc2)[C@@H]1OCC=C. The van der Waals surface area contributed by atoms with E-state index in [1.165, 1.54) is 18.8 Å². The van der Waals surface area contributed by atoms with Crippen LogP contribution in [0.15, 0.2) is 54.6 Å². The maximum absolute atomic E-state index is 11.4. The number of amidine groups is 1. The number of carboxylic acid groups (broad SMARTS) is 1. The Kier molecular flexibility index (Phi) is 9.54. The average molecular weight is 493 g/mol. The highest BCUT2D eigenvalue weighted by Gasteiger charge is 2.51. The summed E-state index contributed by atoms with van der Waals surface area (Å²) in [5, 5.41) is 20.5. The van der Waals surface area contributed by atoms with E-state index in [1.807, 2.05) is 24.3 Å². The van der Waals surface area contributed by atoms with Crippen molar-refractivity contribution in [2.75, 3.05) is 27.4 Å². The molecular formula is C24H32N2O7S. The van der Waals surface area contributed by atoms with Gasteiger partial charge < -0.3 is 29.2 Å². The number of fused-ring (bicyclic) bond motifs is 1. The van der Waals surface area contributed by atoms with E-state index >= 15 is 0 Å². The van der Waals surface area contributed by atoms with Gasteiger partial charge in [-0.15, -0.1) is 13.2 Å². The van der Waals surface area contributed by atoms with Gasteiger partial charge in [-0.05, 0) is 30.5 Å². The molecule has 2 aliphatic heterocycles. The minimum atomic E-state index is -1.10. The molecule has 2 heterocycles. The molecular weight excluding hydrogens is 460 g/mol. The van der Waals surface area contributed by atoms with Crippen molar-refractivity contribution >= 4 is 23.0 Å². The van der Waals surface area contributed by atoms with Crippen LogP contribution in [0, 0.1) is 0 Å². The third-order valence-electron chi connectivity index (χ3n) is 5.71. The second-order valence-corrected chi connectivity index (χ2v) is 9.01. The van der Waals surface area contributed by atoms with Gasteiger partial charge >= 0.3 is 6.09 Å². The molecule has 186 valence electrons. The van der Waals surface area contributed by atoms with Gasteiger partial charge in [0.05, 0.1) is 32.5 Å². The number of rotatable bonds is 11. The summed E-state index contributed by atoms with van der Waals surface area (Å²) in [6, 6.07) is 6.83. The second-order valence-electron chi connectivity index (χ2n) is 7.94. The summed E-state index contributed by atoms with van der Waals surface area (Å²) in [6.45, 7) is 8.03. The fourth-order valence-electron chi connectivity index (χ4n) is 3.93. The maximum Gasteiger partial charge on any atom is 0.413 e. The number of thioether (sulfide) groups is 1. The molecule has 0 radical (unpaired) electrons. The third-order valence-corrected chi connectivity index (χ3v) is 6.92. The lowest BCUT2D eigenvalue weighted by Crippen LogP contribution is -2.57. The topological polar surface area (TPSA) is 110 Å². The van der Waals surface area contributed by atoms with Gasteiger partial charge in [-0.25, -0.2) is 4.79 Å². The van der Waals surface area contributed by atoms with Crippen LogP contribution in [-0.4, -0.2) is 83.5 Å². The van der Waals surface area contributed by atoms with Gasteiger partial charge in [-0.1, -0.05) is 36.0 Å². The number of hydrogen-bond acceptors (Lipinski definition) is 8. The molecule has 1 fully saturated rings. The number of aliphatic hydroxyl groups excluding tert-OH is 1. The number of methoxy groups -OCH3 is 1. The molecule has 9 nitrogen and oxygen atoms in total. The summed E-state index contributed by atoms with van der Waals surface area (Å²) in [5.74, 6) is 0.720. The summed E-state index contributed by atoms with van der Waals surface area (Å²) in [6.07, 6.45) is 1.06. The van der Waals surface area contributed by atoms with Gasteiger partial charge in [0.2, 0.25) is 0 Å². The predicted octanol–water partition coefficient (Wildman–Crippen LogP) is 3.46. The molecule has 0 bridgehead atoms. The number of aliphatic hydroxyl groups is 1. The smallest absolute Gasteiger partial charge is 0.413 e. The first-order valence-corrected chi connectivity index (χ1v) is 11.9. The molecule has 3 rings (SSSR count). The van der Waals surface area contributed by atoms with Crippen LogP contribution in [0.3, 0.4) is 0 Å². The standard InChI is InChI=1S/C24H32N2O7S/c1-5-13-31-20-18(12-11-17(27)15-7-9-16(30-4)10-8-15)33-22-19(21(20)32-14-6-2)25-23(34-22)26(3)24(28)29/h5-10,17-22,27H,1-2,11-14H2,3-4H3,(H,28,29)/t17-,18+,19+,20-,21+,22+/m0/s1. The Balaban J connectivity index is 1.78. The van der Waals surface area contributed by atoms with E-state index in [9.17, 15) is 15.0 Å². The highest BCUT2D eigenvalue weighted by molar-refractivity contribution is 8.14. The Morgan fingerprint density at radius 3 is 2.47 bits per heavy atom. The van der Waals surface area contributed by atoms with Gasteiger partial charge in [0.15, 0.2) is 5.17 Å². The highest BCUT2D eigenvalue weighted by Crippen LogP contribution is 2.41. The summed E-state index contributed by atoms with van der Waals surface area (Å²) in [4.78, 5) is 17.1. The van der Waals surface area contributed by atoms with Crippen molar-refractivity contribution in [3.05, 3.63) is 55.1 Å². The molecule has 0 saturated carbocycles. The van der Waals surface area contributed by atoms with E-state index in [1.54, 1.807) is 19.3 Å². The Hall–Kier alpha value is -2.37. The molecule has 10 heteroatoms. The van der Waals surface area contributed by atoms with Gasteiger partial charge in [0.1, 0.15) is 29.4 Å². The van der Waals surface area contributed by atoms with Crippen molar-refractivity contribution in [1.29, 1.82) is 0 Å². The fourth-order valence-corrected chi connectivity index (χ4v) is 5.11. The summed E-state index contributed by atoms with van der Waals surface area (Å²) in [5.41, 5.74) is 0.347. The molecule has 0 aliphatic carbocycles. The minimum Gasteiger partial charge on any atom is -0.497 e. The fraction of sp³-hybridized carbons (Fsp3) is 0.500. The summed E-state index contributed by atoms with van der Waals surface area (Å²) in [7, 11) is 3.04. The van der Waals surface area contributed by atoms with Crippen LogP contribution in [0.4, 0.5) is 4.79 Å². The van der Waals surface area contributed by atoms with Gasteiger partial charge in [-0.3, -0.25) is 9.89 Å². The van der Waals surface area contributed by atoms with Crippen molar-refractivity contribution in [2.24, 2.45) is 4.99 Å². The Morgan fingerprint density at radius 1 is 1.24 bits per heavy atom. The van der Waals surface area contributed by atoms with E-state index in [0.29, 0.717) is 18.0 Å². The minimum absolute atomic E-state index is 0.285. The lowest BCUT2D eigenvalue weighted by Gasteiger charge is -2.42. The first-order valence-electron chi connectivity index (χ1n) is 11.0. The maximum atomic E-state index is 11.4. The van der Waals surface area contributed by atoms with Gasteiger partial charge in [-0.2, -0.15) is 0 Å². The molecule has 1 amide bonds. The van der Waals surface area contributed by atoms with Crippen LogP contribution < -0.4 is 4.74 Å². The molecule has 1 saturated heterocycles. The molecule has 2 aliphatic rings. The predicted molar refractivity (Wildman–Crippen MR) is 130 cm³/mol. The zero-order valence-corrected chi connectivity index (χ0v) is 20.2. The first-order chi connectivity index (χ1) is 16.4. The zero-order chi connectivity index (χ0) is 24.7. The normalized spacial score (nSPS) is 26.8. The van der Waals surface area contributed by atoms with Crippen molar-refractivity contribution in [2.45, 2.75) is 48.7 Å². The largest absolute Gasteiger partial charge is 0.497 e. The lowest BCUT2D eigenvalue weighted by atomic mass is 9.92. The molecule has 0 unspecified atom stereocenters. The zero-order valence-electron chi connectivity index (χ0n) is 19.4. The molecule has 6 atom stereocenters. The molecule has 0 aromatic heterocycles. The Labute approximate surface area is 204 Å². The number of nitrogens with zero attached hydrogens (tertiary/aromatic N) is 2. The van der Waals surface area contributed by atoms with Gasteiger partial charge in [0, 0.05) is 7.05 Å². The quantitative estimate of drug-likeness (QED) is 0.452. The van der Waals surface area contributed by atoms with Crippen LogP contribution in [0.2, 0.25) is 0 Å². The number of ether oxygens (including phenoxy) is 4. The lowest BCUT2D eigenvalue weighted by molar-refractivity contribution is -0.186. The number of carbonyl (C=O) groups is 1. The van der Waals surface area contributed by atoms with Crippen LogP contribution in [-0.2, 0) is 14.2 Å². The van der Waals surface area contributed by atoms with Crippen LogP contribution >= 0.6 is 11.8 Å². The number of aliphatic imine (C=N–C) groups is 1. The summed E-state index contributed by atoms with van der Waals surface area (Å²) >= 11 is 1.25. The molecule has 0 spiro atoms. The van der Waals surface area contributed by atoms with Crippen molar-refractivity contribution < 1.29 is 34.0 Å². The van der Waals surface area contributed by atoms with E-state index < -0.39 is 42.0 Å². The van der Waals surface area contributed by atoms with E-state index in [-0.39, 0.29) is 13.2 Å². The van der Waals surface area contributed by atoms with Crippen molar-refractivity contribution in [1.82, 2.24) is 4.90 Å². The van der Waals surface area contributed by atoms with E-state index in [0.717, 1.165) is 16.2 Å². The monoisotopic (exact) mass is 492 g/mol. The number of hydrogen-bond donors (Lipinski definition) is 2. The molecule has 34 heavy (non-hydrogen) atoms. The number of benzene rings is 1. The van der Waals surface area contributed by atoms with E-state index in [4.69, 9.17) is 18.9 Å². The number of amides is 1. The van der Waals surface area contributed by atoms with Crippen molar-refractivity contribution in [3.63, 3.8) is 0 Å². The van der Waals surface area contributed by atoms with Crippen LogP contribution in [0.5, 0.6) is 5.75 Å². The second kappa shape index (κ2) is 12.4. The molecule has 1 aromatic carbocycles. The Morgan fingerprint density at radius 2 is 1.88 bits per heavy atom. The summed E-state index contributed by atoms with van der Waals surface area (Å²) < 4.78 is 23.7. The molecule has 1 aromatic rings. The molecule has 2 N–H and O–H groups in total. The third kappa shape index (κ3) is 6.19. The van der Waals surface area contributed by atoms with Crippen LogP contribution in [0.1, 0.15) is 24.5 Å². The highest BCUT2D eigenvalue weighted by atomic mass is 32.2. The average Bonchev–Trinajstić information content (AvgIpc) is 3.27. The Bertz CT molecular complexity index is 879. The first kappa shape index (κ1) is 26.2. The van der Waals surface area contributed by atoms with Crippen molar-refractivity contribution in [3.8, 4) is 5.75 Å². The van der Waals surface area contributed by atoms with Crippen LogP contribution in [0.25, 0.3) is 0 Å². The van der Waals surface area contributed by atoms with Gasteiger partial charge in [0.25, 0.3) is 0 Å². The van der Waals surface area contributed by atoms with E-state index in [2.05, 4.69) is 18.2 Å².